The first-order chi connectivity index (χ1) is 17.0. The largest absolute Gasteiger partial charge is 0.497 e. The third-order valence-corrected chi connectivity index (χ3v) is 8.77. The van der Waals surface area contributed by atoms with E-state index in [2.05, 4.69) is 94.7 Å². The number of nitrogens with zero attached hydrogens (tertiary/aromatic N) is 1. The van der Waals surface area contributed by atoms with Crippen LogP contribution in [0.3, 0.4) is 0 Å². The molecule has 4 heteroatoms. The van der Waals surface area contributed by atoms with Gasteiger partial charge in [-0.25, -0.2) is 0 Å². The molecule has 3 heterocycles. The monoisotopic (exact) mass is 479 g/mol. The first kappa shape index (κ1) is 23.0. The number of hydrogen-bond donors (Lipinski definition) is 1. The highest BCUT2D eigenvalue weighted by Gasteiger charge is 2.52. The van der Waals surface area contributed by atoms with E-state index in [1.807, 2.05) is 0 Å². The van der Waals surface area contributed by atoms with Crippen molar-refractivity contribution in [1.29, 1.82) is 0 Å². The third-order valence-electron chi connectivity index (χ3n) is 8.77. The molecule has 0 aliphatic carbocycles. The van der Waals surface area contributed by atoms with Gasteiger partial charge in [0, 0.05) is 21.8 Å². The van der Waals surface area contributed by atoms with E-state index in [1.165, 1.54) is 50.4 Å². The number of aliphatic hydroxyl groups excluding tert-OH is 1. The van der Waals surface area contributed by atoms with E-state index in [9.17, 15) is 5.11 Å². The van der Waals surface area contributed by atoms with Crippen LogP contribution in [0.1, 0.15) is 80.5 Å². The summed E-state index contributed by atoms with van der Waals surface area (Å²) in [4.78, 5) is 2.50. The van der Waals surface area contributed by atoms with Gasteiger partial charge in [0.2, 0.25) is 0 Å². The molecule has 0 bridgehead atoms. The number of rotatable bonds is 2. The number of anilines is 3. The predicted molar refractivity (Wildman–Crippen MR) is 145 cm³/mol. The highest BCUT2D eigenvalue weighted by atomic mass is 16.5. The Balaban J connectivity index is 1.84. The molecule has 3 aliphatic heterocycles. The molecular weight excluding hydrogens is 446 g/mol. The molecular formula is C32H33NO3. The highest BCUT2D eigenvalue weighted by molar-refractivity contribution is 5.99. The maximum Gasteiger partial charge on any atom is 0.119 e. The molecule has 0 saturated carbocycles. The Kier molecular flexibility index (Phi) is 4.53. The summed E-state index contributed by atoms with van der Waals surface area (Å²) in [6, 6.07) is 13.3. The molecule has 3 aromatic carbocycles. The summed E-state index contributed by atoms with van der Waals surface area (Å²) in [7, 11) is 3.49. The van der Waals surface area contributed by atoms with Crippen molar-refractivity contribution in [2.75, 3.05) is 25.7 Å². The smallest absolute Gasteiger partial charge is 0.119 e. The summed E-state index contributed by atoms with van der Waals surface area (Å²) in [5, 5.41) is 9.40. The number of aliphatic hydroxyl groups is 1. The van der Waals surface area contributed by atoms with Crippen molar-refractivity contribution in [3.05, 3.63) is 75.3 Å². The van der Waals surface area contributed by atoms with Crippen LogP contribution in [-0.4, -0.2) is 25.9 Å². The summed E-state index contributed by atoms with van der Waals surface area (Å²) in [6.07, 6.45) is 0. The van der Waals surface area contributed by atoms with Crippen LogP contribution >= 0.6 is 0 Å². The van der Waals surface area contributed by atoms with Gasteiger partial charge in [-0.05, 0) is 69.8 Å². The lowest BCUT2D eigenvalue weighted by atomic mass is 9.60. The zero-order valence-corrected chi connectivity index (χ0v) is 22.4. The van der Waals surface area contributed by atoms with Crippen LogP contribution < -0.4 is 14.4 Å². The van der Waals surface area contributed by atoms with E-state index < -0.39 is 0 Å². The molecule has 0 spiro atoms. The molecule has 3 aliphatic rings. The van der Waals surface area contributed by atoms with Gasteiger partial charge < -0.3 is 19.5 Å². The zero-order chi connectivity index (χ0) is 25.8. The van der Waals surface area contributed by atoms with Crippen LogP contribution in [0, 0.1) is 11.8 Å². The van der Waals surface area contributed by atoms with E-state index in [-0.39, 0.29) is 22.9 Å². The van der Waals surface area contributed by atoms with Gasteiger partial charge in [-0.3, -0.25) is 0 Å². The van der Waals surface area contributed by atoms with Crippen molar-refractivity contribution in [3.63, 3.8) is 0 Å². The van der Waals surface area contributed by atoms with E-state index in [1.54, 1.807) is 14.2 Å². The van der Waals surface area contributed by atoms with Crippen molar-refractivity contribution in [2.45, 2.75) is 57.8 Å². The number of benzene rings is 3. The second-order valence-corrected chi connectivity index (χ2v) is 11.7. The van der Waals surface area contributed by atoms with Crippen LogP contribution in [0.4, 0.5) is 17.1 Å². The van der Waals surface area contributed by atoms with E-state index in [4.69, 9.17) is 9.47 Å². The molecule has 4 nitrogen and oxygen atoms in total. The Morgan fingerprint density at radius 3 is 1.28 bits per heavy atom. The van der Waals surface area contributed by atoms with E-state index in [0.717, 1.165) is 17.1 Å². The van der Waals surface area contributed by atoms with Gasteiger partial charge in [-0.15, -0.1) is 0 Å². The summed E-state index contributed by atoms with van der Waals surface area (Å²) in [5.41, 5.74) is 11.4. The summed E-state index contributed by atoms with van der Waals surface area (Å²) in [6.45, 7) is 13.7. The minimum absolute atomic E-state index is 0.160. The summed E-state index contributed by atoms with van der Waals surface area (Å²) in [5.74, 6) is 7.80. The molecule has 3 aromatic rings. The molecule has 0 fully saturated rings. The lowest BCUT2D eigenvalue weighted by molar-refractivity contribution is 0.350. The predicted octanol–water partition coefficient (Wildman–Crippen LogP) is 6.44. The fourth-order valence-corrected chi connectivity index (χ4v) is 6.65. The van der Waals surface area contributed by atoms with Crippen LogP contribution in [0.5, 0.6) is 11.5 Å². The molecule has 0 unspecified atom stereocenters. The molecule has 0 atom stereocenters. The van der Waals surface area contributed by atoms with Gasteiger partial charge >= 0.3 is 0 Å². The number of ether oxygens (including phenoxy) is 2. The molecule has 0 saturated heterocycles. The third kappa shape index (κ3) is 2.64. The Morgan fingerprint density at radius 2 is 0.972 bits per heavy atom. The van der Waals surface area contributed by atoms with Crippen LogP contribution in [0.15, 0.2) is 36.4 Å². The van der Waals surface area contributed by atoms with Gasteiger partial charge in [0.25, 0.3) is 0 Å². The molecule has 36 heavy (non-hydrogen) atoms. The van der Waals surface area contributed by atoms with Crippen molar-refractivity contribution >= 4 is 17.1 Å². The molecule has 6 rings (SSSR count). The van der Waals surface area contributed by atoms with Crippen molar-refractivity contribution in [1.82, 2.24) is 0 Å². The van der Waals surface area contributed by atoms with Gasteiger partial charge in [-0.2, -0.15) is 0 Å². The Labute approximate surface area is 213 Å². The van der Waals surface area contributed by atoms with Crippen LogP contribution in [0.2, 0.25) is 0 Å². The minimum Gasteiger partial charge on any atom is -0.497 e. The first-order valence-corrected chi connectivity index (χ1v) is 12.5. The second kappa shape index (κ2) is 7.08. The molecule has 0 radical (unpaired) electrons. The minimum atomic E-state index is -0.274. The fraction of sp³-hybridized carbons (Fsp3) is 0.375. The molecule has 1 N–H and O–H groups in total. The number of methoxy groups -OCH3 is 2. The van der Waals surface area contributed by atoms with E-state index in [0.29, 0.717) is 0 Å². The zero-order valence-electron chi connectivity index (χ0n) is 22.4. The van der Waals surface area contributed by atoms with Gasteiger partial charge in [-0.1, -0.05) is 53.4 Å². The fourth-order valence-electron chi connectivity index (χ4n) is 6.65. The topological polar surface area (TPSA) is 41.9 Å². The summed E-state index contributed by atoms with van der Waals surface area (Å²) >= 11 is 0. The van der Waals surface area contributed by atoms with Gasteiger partial charge in [0.15, 0.2) is 0 Å². The van der Waals surface area contributed by atoms with Crippen LogP contribution in [0.25, 0.3) is 0 Å². The Hall–Kier alpha value is -3.42. The Bertz CT molecular complexity index is 1430. The lowest BCUT2D eigenvalue weighted by Gasteiger charge is -2.55. The average molecular weight is 480 g/mol. The maximum absolute atomic E-state index is 9.40. The van der Waals surface area contributed by atoms with Crippen molar-refractivity contribution in [2.24, 2.45) is 0 Å². The Morgan fingerprint density at radius 1 is 0.639 bits per heavy atom. The molecule has 0 aromatic heterocycles. The standard InChI is InChI=1S/C32H33NO3/c1-30(2)21-12-18(10-9-11-34)13-22-27(21)33-28-23(30)14-19(35-7)16-25(28)32(5,6)26-17-20(36-8)15-24(29(26)33)31(22,3)4/h12-17,34H,11H2,1-8H3. The lowest BCUT2D eigenvalue weighted by Crippen LogP contribution is -2.43. The first-order valence-electron chi connectivity index (χ1n) is 12.5. The van der Waals surface area contributed by atoms with Crippen LogP contribution in [-0.2, 0) is 16.2 Å². The molecule has 184 valence electrons. The van der Waals surface area contributed by atoms with Gasteiger partial charge in [0.05, 0.1) is 31.3 Å². The molecule has 0 amide bonds. The van der Waals surface area contributed by atoms with E-state index >= 15 is 0 Å². The van der Waals surface area contributed by atoms with Crippen molar-refractivity contribution in [3.8, 4) is 23.3 Å². The SMILES string of the molecule is COc1cc2c3c(c1)C(C)(C)c1cc(OC)cc4c1N3c1c(cc(C#CCO)cc1C4(C)C)C2(C)C. The quantitative estimate of drug-likeness (QED) is 0.430. The maximum atomic E-state index is 9.40. The normalized spacial score (nSPS) is 18.1. The highest BCUT2D eigenvalue weighted by Crippen LogP contribution is 2.67. The van der Waals surface area contributed by atoms with Crippen molar-refractivity contribution < 1.29 is 14.6 Å². The average Bonchev–Trinajstić information content (AvgIpc) is 2.85. The number of hydrogen-bond acceptors (Lipinski definition) is 4. The second-order valence-electron chi connectivity index (χ2n) is 11.7. The summed E-state index contributed by atoms with van der Waals surface area (Å²) < 4.78 is 11.7. The van der Waals surface area contributed by atoms with Gasteiger partial charge in [0.1, 0.15) is 18.1 Å².